The van der Waals surface area contributed by atoms with Crippen LogP contribution < -0.4 is 9.64 Å². The lowest BCUT2D eigenvalue weighted by molar-refractivity contribution is -0.137. The predicted molar refractivity (Wildman–Crippen MR) is 106 cm³/mol. The van der Waals surface area contributed by atoms with Crippen molar-refractivity contribution in [2.45, 2.75) is 33.3 Å². The number of halogens is 1. The van der Waals surface area contributed by atoms with Gasteiger partial charge in [-0.05, 0) is 45.9 Å². The molecular formula is C21H28FN3O3. The van der Waals surface area contributed by atoms with Crippen molar-refractivity contribution in [3.63, 3.8) is 0 Å². The first-order chi connectivity index (χ1) is 13.4. The Morgan fingerprint density at radius 3 is 2.43 bits per heavy atom. The summed E-state index contributed by atoms with van der Waals surface area (Å²) in [5.41, 5.74) is 1.30. The van der Waals surface area contributed by atoms with Crippen LogP contribution in [0.1, 0.15) is 27.2 Å². The smallest absolute Gasteiger partial charge is 0.256 e. The Kier molecular flexibility index (Phi) is 6.34. The molecular weight excluding hydrogens is 361 g/mol. The number of carbonyl (C=O) groups is 2. The van der Waals surface area contributed by atoms with E-state index >= 15 is 0 Å². The van der Waals surface area contributed by atoms with E-state index in [2.05, 4.69) is 9.80 Å². The molecule has 0 radical (unpaired) electrons. The van der Waals surface area contributed by atoms with E-state index in [0.717, 1.165) is 44.8 Å². The second-order valence-electron chi connectivity index (χ2n) is 7.56. The van der Waals surface area contributed by atoms with Gasteiger partial charge < -0.3 is 9.64 Å². The first-order valence-corrected chi connectivity index (χ1v) is 9.83. The number of carbonyl (C=O) groups excluding carboxylic acids is 2. The molecule has 2 aliphatic rings. The van der Waals surface area contributed by atoms with Crippen molar-refractivity contribution >= 4 is 17.5 Å². The number of hydrogen-bond donors (Lipinski definition) is 0. The highest BCUT2D eigenvalue weighted by atomic mass is 19.1. The molecule has 0 unspecified atom stereocenters. The molecule has 1 aromatic carbocycles. The van der Waals surface area contributed by atoms with Gasteiger partial charge in [0.2, 0.25) is 0 Å². The molecule has 2 heterocycles. The van der Waals surface area contributed by atoms with Gasteiger partial charge in [-0.15, -0.1) is 0 Å². The zero-order valence-corrected chi connectivity index (χ0v) is 16.8. The van der Waals surface area contributed by atoms with Crippen molar-refractivity contribution in [3.8, 4) is 5.75 Å². The van der Waals surface area contributed by atoms with Gasteiger partial charge >= 0.3 is 0 Å². The molecule has 28 heavy (non-hydrogen) atoms. The number of ether oxygens (including phenoxy) is 1. The summed E-state index contributed by atoms with van der Waals surface area (Å²) in [6, 6.07) is 5.04. The zero-order valence-electron chi connectivity index (χ0n) is 16.8. The molecule has 2 aliphatic heterocycles. The van der Waals surface area contributed by atoms with E-state index in [0.29, 0.717) is 17.9 Å². The van der Waals surface area contributed by atoms with E-state index in [1.165, 1.54) is 17.0 Å². The van der Waals surface area contributed by atoms with E-state index < -0.39 is 0 Å². The average Bonchev–Trinajstić information content (AvgIpc) is 2.90. The number of nitrogens with zero attached hydrogens (tertiary/aromatic N) is 3. The van der Waals surface area contributed by atoms with Gasteiger partial charge in [0.1, 0.15) is 0 Å². The Morgan fingerprint density at radius 1 is 1.11 bits per heavy atom. The first kappa shape index (κ1) is 20.3. The third-order valence-electron chi connectivity index (χ3n) is 5.06. The van der Waals surface area contributed by atoms with Crippen LogP contribution in [0.3, 0.4) is 0 Å². The quantitative estimate of drug-likeness (QED) is 0.671. The fourth-order valence-corrected chi connectivity index (χ4v) is 3.61. The second-order valence-corrected chi connectivity index (χ2v) is 7.56. The van der Waals surface area contributed by atoms with Crippen LogP contribution in [0, 0.1) is 5.82 Å². The van der Waals surface area contributed by atoms with Gasteiger partial charge in [0.25, 0.3) is 11.8 Å². The largest absolute Gasteiger partial charge is 0.486 e. The first-order valence-electron chi connectivity index (χ1n) is 9.83. The molecule has 6 nitrogen and oxygen atoms in total. The van der Waals surface area contributed by atoms with Gasteiger partial charge in [0.05, 0.1) is 11.8 Å². The minimum Gasteiger partial charge on any atom is -0.486 e. The maximum Gasteiger partial charge on any atom is 0.256 e. The van der Waals surface area contributed by atoms with Gasteiger partial charge in [-0.25, -0.2) is 4.39 Å². The molecule has 0 saturated carbocycles. The molecule has 1 fully saturated rings. The number of imide groups is 1. The summed E-state index contributed by atoms with van der Waals surface area (Å²) in [5.74, 6) is -0.410. The molecule has 0 atom stereocenters. The number of anilines is 1. The van der Waals surface area contributed by atoms with Gasteiger partial charge in [-0.3, -0.25) is 19.4 Å². The molecule has 0 aliphatic carbocycles. The minimum absolute atomic E-state index is 0.0916. The number of hydrogen-bond acceptors (Lipinski definition) is 5. The van der Waals surface area contributed by atoms with Crippen LogP contribution in [0.15, 0.2) is 29.8 Å². The van der Waals surface area contributed by atoms with Crippen molar-refractivity contribution in [3.05, 3.63) is 35.7 Å². The normalized spacial score (nSPS) is 18.2. The molecule has 0 spiro atoms. The Balaban J connectivity index is 1.50. The summed E-state index contributed by atoms with van der Waals surface area (Å²) < 4.78 is 19.9. The summed E-state index contributed by atoms with van der Waals surface area (Å²) in [7, 11) is 0. The van der Waals surface area contributed by atoms with Crippen LogP contribution in [0.25, 0.3) is 0 Å². The van der Waals surface area contributed by atoms with E-state index in [-0.39, 0.29) is 23.7 Å². The van der Waals surface area contributed by atoms with E-state index in [9.17, 15) is 14.0 Å². The summed E-state index contributed by atoms with van der Waals surface area (Å²) in [6.07, 6.45) is 2.06. The highest BCUT2D eigenvalue weighted by molar-refractivity contribution is 6.15. The van der Waals surface area contributed by atoms with Crippen molar-refractivity contribution in [1.82, 2.24) is 9.80 Å². The molecule has 1 aromatic rings. The molecule has 3 rings (SSSR count). The van der Waals surface area contributed by atoms with Crippen LogP contribution in [-0.4, -0.2) is 67.0 Å². The number of amides is 2. The average molecular weight is 389 g/mol. The van der Waals surface area contributed by atoms with Crippen molar-refractivity contribution < 1.29 is 18.7 Å². The molecule has 152 valence electrons. The van der Waals surface area contributed by atoms with Gasteiger partial charge in [0, 0.05) is 44.4 Å². The van der Waals surface area contributed by atoms with Crippen LogP contribution >= 0.6 is 0 Å². The second kappa shape index (κ2) is 8.73. The summed E-state index contributed by atoms with van der Waals surface area (Å²) in [6.45, 7) is 9.96. The van der Waals surface area contributed by atoms with E-state index in [1.807, 2.05) is 19.9 Å². The number of para-hydroxylation sites is 1. The number of piperazine rings is 1. The van der Waals surface area contributed by atoms with Gasteiger partial charge in [-0.1, -0.05) is 6.07 Å². The third kappa shape index (κ3) is 4.52. The summed E-state index contributed by atoms with van der Waals surface area (Å²) >= 11 is 0. The molecule has 1 saturated heterocycles. The Bertz CT molecular complexity index is 770. The van der Waals surface area contributed by atoms with Crippen molar-refractivity contribution in [1.29, 1.82) is 0 Å². The number of benzene rings is 1. The predicted octanol–water partition coefficient (Wildman–Crippen LogP) is 2.44. The zero-order chi connectivity index (χ0) is 20.3. The Labute approximate surface area is 165 Å². The molecule has 0 bridgehead atoms. The SMILES string of the molecule is CC1=CC(=O)N(CCCN2CCN(c3cccc(F)c3OC(C)C)CC2)C1=O. The van der Waals surface area contributed by atoms with Gasteiger partial charge in [-0.2, -0.15) is 0 Å². The highest BCUT2D eigenvalue weighted by Gasteiger charge is 2.28. The Hall–Kier alpha value is -2.41. The molecule has 2 amide bonds. The fraction of sp³-hybridized carbons (Fsp3) is 0.524. The molecule has 7 heteroatoms. The molecule has 0 aromatic heterocycles. The summed E-state index contributed by atoms with van der Waals surface area (Å²) in [5, 5.41) is 0. The molecule has 0 N–H and O–H groups in total. The Morgan fingerprint density at radius 2 is 1.82 bits per heavy atom. The minimum atomic E-state index is -0.336. The van der Waals surface area contributed by atoms with Crippen LogP contribution in [0.5, 0.6) is 5.75 Å². The van der Waals surface area contributed by atoms with Gasteiger partial charge in [0.15, 0.2) is 11.6 Å². The highest BCUT2D eigenvalue weighted by Crippen LogP contribution is 2.32. The third-order valence-corrected chi connectivity index (χ3v) is 5.06. The van der Waals surface area contributed by atoms with Crippen molar-refractivity contribution in [2.75, 3.05) is 44.2 Å². The van der Waals surface area contributed by atoms with Crippen LogP contribution in [0.2, 0.25) is 0 Å². The maximum absolute atomic E-state index is 14.2. The topological polar surface area (TPSA) is 53.1 Å². The van der Waals surface area contributed by atoms with Crippen LogP contribution in [-0.2, 0) is 9.59 Å². The lowest BCUT2D eigenvalue weighted by Crippen LogP contribution is -2.47. The lowest BCUT2D eigenvalue weighted by atomic mass is 10.2. The summed E-state index contributed by atoms with van der Waals surface area (Å²) in [4.78, 5) is 29.5. The van der Waals surface area contributed by atoms with Crippen LogP contribution in [0.4, 0.5) is 10.1 Å². The fourth-order valence-electron chi connectivity index (χ4n) is 3.61. The van der Waals surface area contributed by atoms with E-state index in [1.54, 1.807) is 13.0 Å². The number of rotatable bonds is 7. The van der Waals surface area contributed by atoms with E-state index in [4.69, 9.17) is 4.74 Å². The lowest BCUT2D eigenvalue weighted by Gasteiger charge is -2.37. The maximum atomic E-state index is 14.2. The van der Waals surface area contributed by atoms with Crippen molar-refractivity contribution in [2.24, 2.45) is 0 Å². The standard InChI is InChI=1S/C21H28FN3O3/c1-15(2)28-20-17(22)6-4-7-18(20)24-12-10-23(11-13-24)8-5-9-25-19(26)14-16(3)21(25)27/h4,6-7,14-15H,5,8-13H2,1-3H3. The monoisotopic (exact) mass is 389 g/mol.